The molecule has 98 valence electrons. The molecule has 1 rings (SSSR count). The maximum atomic E-state index is 11.2. The van der Waals surface area contributed by atoms with Gasteiger partial charge in [-0.05, 0) is 28.0 Å². The predicted octanol–water partition coefficient (Wildman–Crippen LogP) is 3.06. The fourth-order valence-electron chi connectivity index (χ4n) is 1.82. The van der Waals surface area contributed by atoms with E-state index in [0.29, 0.717) is 5.56 Å². The number of hydrogen-bond acceptors (Lipinski definition) is 1. The van der Waals surface area contributed by atoms with Crippen molar-refractivity contribution in [1.29, 1.82) is 0 Å². The van der Waals surface area contributed by atoms with Crippen LogP contribution in [0.25, 0.3) is 0 Å². The number of rotatable bonds is 1. The number of benzene rings is 1. The molecule has 0 radical (unpaired) electrons. The Labute approximate surface area is 126 Å². The second-order valence-electron chi connectivity index (χ2n) is 6.57. The second-order valence-corrected chi connectivity index (χ2v) is 6.57. The summed E-state index contributed by atoms with van der Waals surface area (Å²) in [6.07, 6.45) is 0. The van der Waals surface area contributed by atoms with E-state index in [2.05, 4.69) is 20.8 Å². The molecule has 0 aliphatic carbocycles. The highest BCUT2D eigenvalue weighted by atomic mass is 24.3. The largest absolute Gasteiger partial charge is 0.478 e. The molecular formula is C15H24MgO2. The SMILES string of the molecule is CC(C)(C)c1ccc(C(=O)O)c(C(C)(C)C)c1.[MgH2]. The summed E-state index contributed by atoms with van der Waals surface area (Å²) in [4.78, 5) is 11.2. The molecule has 0 aliphatic rings. The van der Waals surface area contributed by atoms with Gasteiger partial charge in [0.25, 0.3) is 0 Å². The van der Waals surface area contributed by atoms with Crippen LogP contribution in [-0.2, 0) is 10.8 Å². The van der Waals surface area contributed by atoms with Crippen molar-refractivity contribution in [2.24, 2.45) is 0 Å². The molecule has 18 heavy (non-hydrogen) atoms. The zero-order valence-corrected chi connectivity index (χ0v) is 11.6. The lowest BCUT2D eigenvalue weighted by molar-refractivity contribution is 0.0694. The van der Waals surface area contributed by atoms with Gasteiger partial charge in [0, 0.05) is 0 Å². The highest BCUT2D eigenvalue weighted by Gasteiger charge is 2.24. The first-order valence-corrected chi connectivity index (χ1v) is 5.92. The molecule has 0 saturated carbocycles. The van der Waals surface area contributed by atoms with Crippen LogP contribution in [-0.4, -0.2) is 34.1 Å². The normalized spacial score (nSPS) is 11.9. The molecule has 1 N–H and O–H groups in total. The molecule has 0 spiro atoms. The standard InChI is InChI=1S/C15H22O2.Mg.2H/c1-14(2,3)10-7-8-11(13(16)17)12(9-10)15(4,5)6;;;/h7-9H,1-6H3,(H,16,17);;;. The first-order valence-electron chi connectivity index (χ1n) is 5.92. The summed E-state index contributed by atoms with van der Waals surface area (Å²) >= 11 is 0. The van der Waals surface area contributed by atoms with Gasteiger partial charge in [-0.3, -0.25) is 0 Å². The Hall–Kier alpha value is -0.544. The molecule has 0 heterocycles. The fourth-order valence-corrected chi connectivity index (χ4v) is 1.82. The van der Waals surface area contributed by atoms with E-state index in [1.165, 1.54) is 5.56 Å². The van der Waals surface area contributed by atoms with Gasteiger partial charge in [0.15, 0.2) is 0 Å². The molecule has 0 aromatic heterocycles. The van der Waals surface area contributed by atoms with Crippen LogP contribution >= 0.6 is 0 Å². The molecule has 2 nitrogen and oxygen atoms in total. The summed E-state index contributed by atoms with van der Waals surface area (Å²) in [5, 5.41) is 9.22. The van der Waals surface area contributed by atoms with Crippen molar-refractivity contribution in [1.82, 2.24) is 0 Å². The summed E-state index contributed by atoms with van der Waals surface area (Å²) in [6, 6.07) is 5.67. The summed E-state index contributed by atoms with van der Waals surface area (Å²) in [5.41, 5.74) is 2.36. The summed E-state index contributed by atoms with van der Waals surface area (Å²) in [6.45, 7) is 12.5. The minimum atomic E-state index is -0.851. The average Bonchev–Trinajstić information content (AvgIpc) is 2.14. The summed E-state index contributed by atoms with van der Waals surface area (Å²) in [7, 11) is 0. The zero-order valence-electron chi connectivity index (χ0n) is 11.6. The molecule has 0 atom stereocenters. The van der Waals surface area contributed by atoms with Gasteiger partial charge in [-0.1, -0.05) is 53.7 Å². The third kappa shape index (κ3) is 3.99. The minimum absolute atomic E-state index is 0. The molecule has 1 aromatic carbocycles. The summed E-state index contributed by atoms with van der Waals surface area (Å²) < 4.78 is 0. The zero-order chi connectivity index (χ0) is 13.4. The Morgan fingerprint density at radius 3 is 1.83 bits per heavy atom. The Kier molecular flexibility index (Phi) is 5.45. The minimum Gasteiger partial charge on any atom is -0.478 e. The lowest BCUT2D eigenvalue weighted by Crippen LogP contribution is -2.20. The van der Waals surface area contributed by atoms with E-state index in [1.807, 2.05) is 32.9 Å². The van der Waals surface area contributed by atoms with Gasteiger partial charge in [-0.2, -0.15) is 0 Å². The van der Waals surface area contributed by atoms with Crippen molar-refractivity contribution in [3.8, 4) is 0 Å². The molecule has 0 saturated heterocycles. The average molecular weight is 261 g/mol. The van der Waals surface area contributed by atoms with E-state index in [0.717, 1.165) is 5.56 Å². The van der Waals surface area contributed by atoms with Gasteiger partial charge < -0.3 is 5.11 Å². The van der Waals surface area contributed by atoms with E-state index in [9.17, 15) is 9.90 Å². The van der Waals surface area contributed by atoms with Gasteiger partial charge in [0.2, 0.25) is 0 Å². The van der Waals surface area contributed by atoms with Crippen molar-refractivity contribution in [3.63, 3.8) is 0 Å². The van der Waals surface area contributed by atoms with E-state index in [-0.39, 0.29) is 33.9 Å². The predicted molar refractivity (Wildman–Crippen MR) is 79.3 cm³/mol. The van der Waals surface area contributed by atoms with Crippen molar-refractivity contribution < 1.29 is 9.90 Å². The number of carboxylic acids is 1. The quantitative estimate of drug-likeness (QED) is 0.788. The Morgan fingerprint density at radius 1 is 1.00 bits per heavy atom. The van der Waals surface area contributed by atoms with Gasteiger partial charge in [-0.15, -0.1) is 0 Å². The van der Waals surface area contributed by atoms with Crippen LogP contribution in [0.4, 0.5) is 0 Å². The molecule has 0 unspecified atom stereocenters. The molecule has 0 aliphatic heterocycles. The van der Waals surface area contributed by atoms with E-state index in [4.69, 9.17) is 0 Å². The number of carboxylic acid groups (broad SMARTS) is 1. The number of aromatic carboxylic acids is 1. The molecular weight excluding hydrogens is 236 g/mol. The van der Waals surface area contributed by atoms with Crippen LogP contribution in [0.3, 0.4) is 0 Å². The van der Waals surface area contributed by atoms with Crippen molar-refractivity contribution in [2.45, 2.75) is 52.4 Å². The van der Waals surface area contributed by atoms with Crippen LogP contribution in [0.15, 0.2) is 18.2 Å². The second kappa shape index (κ2) is 5.62. The molecule has 1 aromatic rings. The highest BCUT2D eigenvalue weighted by molar-refractivity contribution is 5.90. The van der Waals surface area contributed by atoms with Crippen LogP contribution in [0, 0.1) is 0 Å². The van der Waals surface area contributed by atoms with Crippen molar-refractivity contribution in [3.05, 3.63) is 34.9 Å². The Bertz CT molecular complexity index is 437. The molecule has 0 bridgehead atoms. The highest BCUT2D eigenvalue weighted by Crippen LogP contribution is 2.31. The lowest BCUT2D eigenvalue weighted by atomic mass is 9.78. The molecule has 3 heteroatoms. The maximum absolute atomic E-state index is 11.2. The first kappa shape index (κ1) is 17.5. The third-order valence-corrected chi connectivity index (χ3v) is 2.92. The van der Waals surface area contributed by atoms with E-state index >= 15 is 0 Å². The van der Waals surface area contributed by atoms with Crippen molar-refractivity contribution >= 4 is 29.0 Å². The third-order valence-electron chi connectivity index (χ3n) is 2.92. The van der Waals surface area contributed by atoms with Gasteiger partial charge in [-0.25, -0.2) is 4.79 Å². The van der Waals surface area contributed by atoms with Crippen LogP contribution in [0.5, 0.6) is 0 Å². The van der Waals surface area contributed by atoms with Gasteiger partial charge >= 0.3 is 29.0 Å². The van der Waals surface area contributed by atoms with E-state index in [1.54, 1.807) is 6.07 Å². The fraction of sp³-hybridized carbons (Fsp3) is 0.533. The topological polar surface area (TPSA) is 37.3 Å². The smallest absolute Gasteiger partial charge is 0.335 e. The van der Waals surface area contributed by atoms with Crippen LogP contribution < -0.4 is 0 Å². The Morgan fingerprint density at radius 2 is 1.50 bits per heavy atom. The number of carbonyl (C=O) groups is 1. The van der Waals surface area contributed by atoms with Gasteiger partial charge in [0.05, 0.1) is 5.56 Å². The van der Waals surface area contributed by atoms with Gasteiger partial charge in [0.1, 0.15) is 0 Å². The van der Waals surface area contributed by atoms with Crippen LogP contribution in [0.1, 0.15) is 63.0 Å². The maximum Gasteiger partial charge on any atom is 0.335 e. The van der Waals surface area contributed by atoms with Crippen molar-refractivity contribution in [2.75, 3.05) is 0 Å². The van der Waals surface area contributed by atoms with E-state index < -0.39 is 5.97 Å². The summed E-state index contributed by atoms with van der Waals surface area (Å²) in [5.74, 6) is -0.851. The lowest BCUT2D eigenvalue weighted by Gasteiger charge is -2.26. The first-order chi connectivity index (χ1) is 7.53. The molecule has 0 amide bonds. The van der Waals surface area contributed by atoms with Crippen LogP contribution in [0.2, 0.25) is 0 Å². The Balaban J connectivity index is 0.00000289. The monoisotopic (exact) mass is 260 g/mol. The number of hydrogen-bond donors (Lipinski definition) is 1. The molecule has 0 fully saturated rings.